The molecule has 0 radical (unpaired) electrons. The Morgan fingerprint density at radius 1 is 1.62 bits per heavy atom. The molecule has 0 aromatic rings. The van der Waals surface area contributed by atoms with Gasteiger partial charge in [-0.2, -0.15) is 5.26 Å². The molecule has 1 heterocycles. The second-order valence-electron chi connectivity index (χ2n) is 5.10. The third-order valence-electron chi connectivity index (χ3n) is 4.05. The summed E-state index contributed by atoms with van der Waals surface area (Å²) in [6.07, 6.45) is 2.81. The van der Waals surface area contributed by atoms with Gasteiger partial charge in [0.15, 0.2) is 0 Å². The lowest BCUT2D eigenvalue weighted by Crippen LogP contribution is -2.49. The van der Waals surface area contributed by atoms with Crippen molar-refractivity contribution in [3.63, 3.8) is 0 Å². The van der Waals surface area contributed by atoms with Crippen molar-refractivity contribution < 1.29 is 4.79 Å². The van der Waals surface area contributed by atoms with Crippen LogP contribution in [0.5, 0.6) is 0 Å². The quantitative estimate of drug-likeness (QED) is 0.768. The van der Waals surface area contributed by atoms with E-state index in [0.29, 0.717) is 12.0 Å². The highest BCUT2D eigenvalue weighted by Gasteiger charge is 2.54. The average Bonchev–Trinajstić information content (AvgIpc) is 2.97. The third-order valence-corrected chi connectivity index (χ3v) is 4.05. The summed E-state index contributed by atoms with van der Waals surface area (Å²) in [6, 6.07) is 1.85. The predicted octanol–water partition coefficient (Wildman–Crippen LogP) is 0.873. The lowest BCUT2D eigenvalue weighted by Gasteiger charge is -2.28. The first-order chi connectivity index (χ1) is 7.60. The van der Waals surface area contributed by atoms with Crippen molar-refractivity contribution in [2.45, 2.75) is 51.2 Å². The Hall–Kier alpha value is -1.08. The standard InChI is InChI=1S/C12H19N3O/c1-3-7(2)11(14)12(16)15-9(6-13)4-8-5-10(8)15/h7-11H,3-5,14H2,1-2H3/t7?,8?,9-,10?,11?/m0/s1. The van der Waals surface area contributed by atoms with Crippen molar-refractivity contribution in [3.05, 3.63) is 0 Å². The highest BCUT2D eigenvalue weighted by Crippen LogP contribution is 2.47. The molecule has 0 aromatic heterocycles. The summed E-state index contributed by atoms with van der Waals surface area (Å²) >= 11 is 0. The Labute approximate surface area is 96.4 Å². The topological polar surface area (TPSA) is 70.1 Å². The molecule has 1 amide bonds. The normalized spacial score (nSPS) is 35.1. The van der Waals surface area contributed by atoms with Crippen LogP contribution in [-0.2, 0) is 4.79 Å². The Morgan fingerprint density at radius 2 is 2.31 bits per heavy atom. The zero-order chi connectivity index (χ0) is 11.9. The molecule has 4 nitrogen and oxygen atoms in total. The molecule has 1 aliphatic carbocycles. The van der Waals surface area contributed by atoms with Gasteiger partial charge in [0.2, 0.25) is 5.91 Å². The summed E-state index contributed by atoms with van der Waals surface area (Å²) in [6.45, 7) is 4.02. The van der Waals surface area contributed by atoms with E-state index in [1.807, 2.05) is 13.8 Å². The van der Waals surface area contributed by atoms with Gasteiger partial charge in [-0.1, -0.05) is 20.3 Å². The van der Waals surface area contributed by atoms with Gasteiger partial charge in [-0.05, 0) is 24.7 Å². The number of nitrogens with two attached hydrogens (primary N) is 1. The Kier molecular flexibility index (Phi) is 2.90. The summed E-state index contributed by atoms with van der Waals surface area (Å²) in [4.78, 5) is 14.0. The first-order valence-corrected chi connectivity index (χ1v) is 6.07. The van der Waals surface area contributed by atoms with Crippen molar-refractivity contribution in [2.75, 3.05) is 0 Å². The van der Waals surface area contributed by atoms with Crippen LogP contribution in [-0.4, -0.2) is 28.9 Å². The van der Waals surface area contributed by atoms with Gasteiger partial charge in [-0.25, -0.2) is 0 Å². The van der Waals surface area contributed by atoms with Crippen LogP contribution in [0.3, 0.4) is 0 Å². The van der Waals surface area contributed by atoms with Crippen molar-refractivity contribution in [1.29, 1.82) is 5.26 Å². The van der Waals surface area contributed by atoms with E-state index in [1.165, 1.54) is 0 Å². The average molecular weight is 221 g/mol. The summed E-state index contributed by atoms with van der Waals surface area (Å²) in [5.41, 5.74) is 5.95. The zero-order valence-corrected chi connectivity index (χ0v) is 9.89. The van der Waals surface area contributed by atoms with E-state index in [4.69, 9.17) is 11.0 Å². The van der Waals surface area contributed by atoms with Crippen LogP contribution in [0.4, 0.5) is 0 Å². The molecule has 2 fully saturated rings. The number of amides is 1. The molecule has 4 unspecified atom stereocenters. The largest absolute Gasteiger partial charge is 0.322 e. The predicted molar refractivity (Wildman–Crippen MR) is 60.2 cm³/mol. The van der Waals surface area contributed by atoms with Crippen molar-refractivity contribution >= 4 is 5.91 Å². The van der Waals surface area contributed by atoms with E-state index in [1.54, 1.807) is 4.90 Å². The van der Waals surface area contributed by atoms with Crippen LogP contribution in [0.1, 0.15) is 33.1 Å². The fourth-order valence-electron chi connectivity index (χ4n) is 2.56. The van der Waals surface area contributed by atoms with E-state index in [2.05, 4.69) is 6.07 Å². The van der Waals surface area contributed by atoms with Gasteiger partial charge in [-0.15, -0.1) is 0 Å². The molecule has 2 N–H and O–H groups in total. The van der Waals surface area contributed by atoms with Crippen LogP contribution >= 0.6 is 0 Å². The van der Waals surface area contributed by atoms with Gasteiger partial charge in [0, 0.05) is 6.04 Å². The number of hydrogen-bond donors (Lipinski definition) is 1. The molecule has 2 aliphatic rings. The molecule has 0 spiro atoms. The summed E-state index contributed by atoms with van der Waals surface area (Å²) in [5.74, 6) is 0.730. The Morgan fingerprint density at radius 3 is 2.88 bits per heavy atom. The maximum atomic E-state index is 12.2. The molecule has 1 aliphatic heterocycles. The molecule has 88 valence electrons. The lowest BCUT2D eigenvalue weighted by atomic mass is 9.98. The van der Waals surface area contributed by atoms with E-state index >= 15 is 0 Å². The second kappa shape index (κ2) is 4.06. The fraction of sp³-hybridized carbons (Fsp3) is 0.833. The molecule has 1 saturated carbocycles. The second-order valence-corrected chi connectivity index (χ2v) is 5.10. The minimum absolute atomic E-state index is 0.0223. The fourth-order valence-corrected chi connectivity index (χ4v) is 2.56. The van der Waals surface area contributed by atoms with Crippen LogP contribution in [0, 0.1) is 23.2 Å². The number of hydrogen-bond acceptors (Lipinski definition) is 3. The number of rotatable bonds is 3. The third kappa shape index (κ3) is 1.69. The maximum absolute atomic E-state index is 12.2. The van der Waals surface area contributed by atoms with E-state index < -0.39 is 6.04 Å². The van der Waals surface area contributed by atoms with Crippen LogP contribution in [0.25, 0.3) is 0 Å². The molecule has 16 heavy (non-hydrogen) atoms. The minimum Gasteiger partial charge on any atom is -0.322 e. The molecular weight excluding hydrogens is 202 g/mol. The zero-order valence-electron chi connectivity index (χ0n) is 9.89. The molecule has 1 saturated heterocycles. The molecule has 5 atom stereocenters. The number of fused-ring (bicyclic) bond motifs is 1. The number of carbonyl (C=O) groups excluding carboxylic acids is 1. The molecule has 2 rings (SSSR count). The summed E-state index contributed by atoms with van der Waals surface area (Å²) in [7, 11) is 0. The van der Waals surface area contributed by atoms with Crippen LogP contribution < -0.4 is 5.73 Å². The summed E-state index contributed by atoms with van der Waals surface area (Å²) < 4.78 is 0. The van der Waals surface area contributed by atoms with Crippen molar-refractivity contribution in [3.8, 4) is 6.07 Å². The lowest BCUT2D eigenvalue weighted by molar-refractivity contribution is -0.134. The van der Waals surface area contributed by atoms with Crippen molar-refractivity contribution in [1.82, 2.24) is 4.90 Å². The maximum Gasteiger partial charge on any atom is 0.241 e. The number of nitrogens with zero attached hydrogens (tertiary/aromatic N) is 2. The monoisotopic (exact) mass is 221 g/mol. The smallest absolute Gasteiger partial charge is 0.241 e. The van der Waals surface area contributed by atoms with Gasteiger partial charge >= 0.3 is 0 Å². The van der Waals surface area contributed by atoms with E-state index in [-0.39, 0.29) is 17.9 Å². The molecule has 0 bridgehead atoms. The van der Waals surface area contributed by atoms with Crippen molar-refractivity contribution in [2.24, 2.45) is 17.6 Å². The number of nitriles is 1. The minimum atomic E-state index is -0.444. The Balaban J connectivity index is 2.06. The Bertz CT molecular complexity index is 336. The SMILES string of the molecule is CCC(C)C(N)C(=O)N1C2CC2C[C@H]1C#N. The van der Waals surface area contributed by atoms with Gasteiger partial charge in [0.25, 0.3) is 0 Å². The number of carbonyl (C=O) groups is 1. The molecular formula is C12H19N3O. The van der Waals surface area contributed by atoms with Gasteiger partial charge in [0.05, 0.1) is 12.1 Å². The van der Waals surface area contributed by atoms with Gasteiger partial charge < -0.3 is 10.6 Å². The molecule has 4 heteroatoms. The van der Waals surface area contributed by atoms with E-state index in [0.717, 1.165) is 19.3 Å². The summed E-state index contributed by atoms with van der Waals surface area (Å²) in [5, 5.41) is 9.02. The first kappa shape index (κ1) is 11.4. The van der Waals surface area contributed by atoms with Crippen LogP contribution in [0.2, 0.25) is 0 Å². The number of likely N-dealkylation sites (tertiary alicyclic amines) is 1. The van der Waals surface area contributed by atoms with Crippen LogP contribution in [0.15, 0.2) is 0 Å². The van der Waals surface area contributed by atoms with Gasteiger partial charge in [-0.3, -0.25) is 4.79 Å². The van der Waals surface area contributed by atoms with E-state index in [9.17, 15) is 4.79 Å². The van der Waals surface area contributed by atoms with Gasteiger partial charge in [0.1, 0.15) is 6.04 Å². The highest BCUT2D eigenvalue weighted by molar-refractivity contribution is 5.83. The molecule has 0 aromatic carbocycles. The number of piperidine rings is 1. The first-order valence-electron chi connectivity index (χ1n) is 6.07. The highest BCUT2D eigenvalue weighted by atomic mass is 16.2.